The van der Waals surface area contributed by atoms with Crippen molar-refractivity contribution in [2.45, 2.75) is 12.8 Å². The van der Waals surface area contributed by atoms with Crippen LogP contribution in [-0.4, -0.2) is 48.2 Å². The van der Waals surface area contributed by atoms with Crippen LogP contribution in [-0.2, 0) is 6.42 Å². The Morgan fingerprint density at radius 2 is 1.90 bits per heavy atom. The number of fused-ring (bicyclic) bond motifs is 3. The molecule has 0 bridgehead atoms. The summed E-state index contributed by atoms with van der Waals surface area (Å²) < 4.78 is 26.0. The largest absolute Gasteiger partial charge is 0.493 e. The van der Waals surface area contributed by atoms with E-state index in [1.165, 1.54) is 12.1 Å². The minimum absolute atomic E-state index is 0.00651. The molecule has 1 amide bonds. The van der Waals surface area contributed by atoms with Crippen molar-refractivity contribution in [1.82, 2.24) is 15.1 Å². The topological polar surface area (TPSA) is 85.6 Å². The van der Waals surface area contributed by atoms with Crippen molar-refractivity contribution in [1.29, 1.82) is 0 Å². The molecule has 0 saturated carbocycles. The van der Waals surface area contributed by atoms with E-state index in [4.69, 9.17) is 14.6 Å². The summed E-state index contributed by atoms with van der Waals surface area (Å²) >= 11 is 0. The van der Waals surface area contributed by atoms with Gasteiger partial charge >= 0.3 is 0 Å². The lowest BCUT2D eigenvalue weighted by Gasteiger charge is -2.12. The second-order valence-corrected chi connectivity index (χ2v) is 6.94. The van der Waals surface area contributed by atoms with Crippen LogP contribution in [0.15, 0.2) is 36.4 Å². The molecular formula is C22H22FN3O4. The first kappa shape index (κ1) is 19.9. The Morgan fingerprint density at radius 3 is 2.57 bits per heavy atom. The molecule has 1 aliphatic rings. The van der Waals surface area contributed by atoms with Crippen LogP contribution in [0.1, 0.15) is 28.0 Å². The molecule has 156 valence electrons. The highest BCUT2D eigenvalue weighted by atomic mass is 19.1. The first-order valence-electron chi connectivity index (χ1n) is 9.59. The van der Waals surface area contributed by atoms with Crippen LogP contribution in [0.3, 0.4) is 0 Å². The number of ether oxygens (including phenoxy) is 2. The first-order chi connectivity index (χ1) is 14.6. The summed E-state index contributed by atoms with van der Waals surface area (Å²) in [4.78, 5) is 12.8. The molecule has 8 heteroatoms. The maximum Gasteiger partial charge on any atom is 0.272 e. The molecule has 0 spiro atoms. The monoisotopic (exact) mass is 411 g/mol. The Hall–Kier alpha value is -3.39. The average Bonchev–Trinajstić information content (AvgIpc) is 3.30. The van der Waals surface area contributed by atoms with Crippen LogP contribution >= 0.6 is 0 Å². The molecule has 4 rings (SSSR count). The zero-order valence-corrected chi connectivity index (χ0v) is 16.7. The van der Waals surface area contributed by atoms with Gasteiger partial charge in [0.25, 0.3) is 5.91 Å². The summed E-state index contributed by atoms with van der Waals surface area (Å²) in [7, 11) is 3.14. The number of aromatic nitrogens is 2. The molecule has 1 heterocycles. The van der Waals surface area contributed by atoms with Crippen molar-refractivity contribution < 1.29 is 23.8 Å². The summed E-state index contributed by atoms with van der Waals surface area (Å²) in [5.41, 5.74) is 4.37. The summed E-state index contributed by atoms with van der Waals surface area (Å²) in [5.74, 6) is 0.519. The van der Waals surface area contributed by atoms with Gasteiger partial charge in [-0.1, -0.05) is 0 Å². The molecular weight excluding hydrogens is 389 g/mol. The second-order valence-electron chi connectivity index (χ2n) is 6.94. The third-order valence-corrected chi connectivity index (χ3v) is 5.12. The van der Waals surface area contributed by atoms with Gasteiger partial charge in [-0.25, -0.2) is 9.07 Å². The number of halogens is 1. The minimum atomic E-state index is -0.351. The quantitative estimate of drug-likeness (QED) is 0.457. The Kier molecular flexibility index (Phi) is 5.41. The third kappa shape index (κ3) is 3.39. The number of methoxy groups -OCH3 is 2. The molecule has 0 fully saturated rings. The number of hydrogen-bond donors (Lipinski definition) is 2. The fourth-order valence-corrected chi connectivity index (χ4v) is 3.69. The molecule has 0 aliphatic heterocycles. The van der Waals surface area contributed by atoms with E-state index in [0.717, 1.165) is 22.4 Å². The van der Waals surface area contributed by atoms with Gasteiger partial charge in [0.15, 0.2) is 17.2 Å². The molecule has 0 radical (unpaired) electrons. The van der Waals surface area contributed by atoms with Gasteiger partial charge in [-0.3, -0.25) is 4.79 Å². The average molecular weight is 411 g/mol. The number of nitrogens with zero attached hydrogens (tertiary/aromatic N) is 2. The summed E-state index contributed by atoms with van der Waals surface area (Å²) in [6.45, 7) is 0.343. The molecule has 7 nitrogen and oxygen atoms in total. The van der Waals surface area contributed by atoms with Crippen LogP contribution < -0.4 is 14.8 Å². The zero-order valence-electron chi connectivity index (χ0n) is 16.7. The van der Waals surface area contributed by atoms with E-state index in [-0.39, 0.29) is 18.3 Å². The normalized spacial score (nSPS) is 11.7. The molecule has 1 aromatic heterocycles. The van der Waals surface area contributed by atoms with E-state index in [1.807, 2.05) is 12.1 Å². The minimum Gasteiger partial charge on any atom is -0.493 e. The van der Waals surface area contributed by atoms with Crippen LogP contribution in [0.25, 0.3) is 16.9 Å². The maximum absolute atomic E-state index is 13.5. The van der Waals surface area contributed by atoms with Gasteiger partial charge in [-0.05, 0) is 48.4 Å². The van der Waals surface area contributed by atoms with Crippen molar-refractivity contribution in [2.75, 3.05) is 27.4 Å². The van der Waals surface area contributed by atoms with Crippen LogP contribution in [0, 0.1) is 5.82 Å². The molecule has 2 aromatic carbocycles. The molecule has 0 atom stereocenters. The van der Waals surface area contributed by atoms with E-state index >= 15 is 0 Å². The molecule has 30 heavy (non-hydrogen) atoms. The molecule has 0 saturated heterocycles. The zero-order chi connectivity index (χ0) is 21.3. The van der Waals surface area contributed by atoms with Gasteiger partial charge in [0, 0.05) is 30.7 Å². The number of hydrogen-bond acceptors (Lipinski definition) is 5. The Bertz CT molecular complexity index is 1090. The fraction of sp³-hybridized carbons (Fsp3) is 0.273. The number of aliphatic hydroxyl groups excluding tert-OH is 1. The lowest BCUT2D eigenvalue weighted by atomic mass is 10.1. The van der Waals surface area contributed by atoms with E-state index in [0.29, 0.717) is 42.3 Å². The number of amides is 1. The maximum atomic E-state index is 13.5. The van der Waals surface area contributed by atoms with E-state index in [2.05, 4.69) is 10.4 Å². The fourth-order valence-electron chi connectivity index (χ4n) is 3.69. The highest BCUT2D eigenvalue weighted by Gasteiger charge is 2.32. The van der Waals surface area contributed by atoms with Gasteiger partial charge in [-0.2, -0.15) is 5.10 Å². The molecule has 0 unspecified atom stereocenters. The molecule has 2 N–H and O–H groups in total. The van der Waals surface area contributed by atoms with E-state index < -0.39 is 0 Å². The molecule has 3 aromatic rings. The van der Waals surface area contributed by atoms with Gasteiger partial charge in [0.05, 0.1) is 25.6 Å². The van der Waals surface area contributed by atoms with Crippen LogP contribution in [0.2, 0.25) is 0 Å². The van der Waals surface area contributed by atoms with Crippen molar-refractivity contribution in [3.8, 4) is 28.4 Å². The Balaban J connectivity index is 1.86. The number of benzene rings is 2. The number of nitrogens with one attached hydrogen (secondary N) is 1. The van der Waals surface area contributed by atoms with Crippen molar-refractivity contribution in [2.24, 2.45) is 0 Å². The number of rotatable bonds is 7. The van der Waals surface area contributed by atoms with Crippen molar-refractivity contribution in [3.05, 3.63) is 59.0 Å². The lowest BCUT2D eigenvalue weighted by molar-refractivity contribution is 0.0945. The van der Waals surface area contributed by atoms with Gasteiger partial charge < -0.3 is 19.9 Å². The summed E-state index contributed by atoms with van der Waals surface area (Å²) in [5, 5.41) is 16.3. The van der Waals surface area contributed by atoms with Crippen molar-refractivity contribution >= 4 is 5.91 Å². The van der Waals surface area contributed by atoms with Gasteiger partial charge in [-0.15, -0.1) is 0 Å². The third-order valence-electron chi connectivity index (χ3n) is 5.12. The predicted octanol–water partition coefficient (Wildman–Crippen LogP) is 2.71. The smallest absolute Gasteiger partial charge is 0.272 e. The van der Waals surface area contributed by atoms with E-state index in [1.54, 1.807) is 31.0 Å². The Morgan fingerprint density at radius 1 is 1.20 bits per heavy atom. The highest BCUT2D eigenvalue weighted by Crippen LogP contribution is 2.44. The number of carbonyl (C=O) groups excluding carboxylic acids is 1. The standard InChI is InChI=1S/C22H22FN3O4/c1-29-18-11-13-10-17-20(22(28)24-8-3-9-27)25-26(15-6-4-14(23)5-7-15)21(17)16(13)12-19(18)30-2/h4-7,11-12,27H,3,8-10H2,1-2H3,(H,24,28). The number of aliphatic hydroxyl groups is 1. The van der Waals surface area contributed by atoms with Crippen LogP contribution in [0.4, 0.5) is 4.39 Å². The SMILES string of the molecule is COc1cc2c(cc1OC)-c1c(c(C(=O)NCCCO)nn1-c1ccc(F)cc1)C2. The van der Waals surface area contributed by atoms with Gasteiger partial charge in [0.2, 0.25) is 0 Å². The lowest BCUT2D eigenvalue weighted by Crippen LogP contribution is -2.26. The highest BCUT2D eigenvalue weighted by molar-refractivity contribution is 5.97. The van der Waals surface area contributed by atoms with E-state index in [9.17, 15) is 9.18 Å². The van der Waals surface area contributed by atoms with Crippen LogP contribution in [0.5, 0.6) is 11.5 Å². The second kappa shape index (κ2) is 8.16. The predicted molar refractivity (Wildman–Crippen MR) is 109 cm³/mol. The first-order valence-corrected chi connectivity index (χ1v) is 9.59. The molecule has 1 aliphatic carbocycles. The Labute approximate surface area is 173 Å². The number of carbonyl (C=O) groups is 1. The summed E-state index contributed by atoms with van der Waals surface area (Å²) in [6, 6.07) is 9.72. The summed E-state index contributed by atoms with van der Waals surface area (Å²) in [6.07, 6.45) is 0.968. The van der Waals surface area contributed by atoms with Gasteiger partial charge in [0.1, 0.15) is 5.82 Å². The van der Waals surface area contributed by atoms with Crippen molar-refractivity contribution in [3.63, 3.8) is 0 Å².